The summed E-state index contributed by atoms with van der Waals surface area (Å²) in [5.74, 6) is -0.00945. The van der Waals surface area contributed by atoms with Crippen LogP contribution in [0.25, 0.3) is 10.8 Å². The largest absolute Gasteiger partial charge is 0.493 e. The van der Waals surface area contributed by atoms with E-state index in [0.717, 1.165) is 25.3 Å². The lowest BCUT2D eigenvalue weighted by atomic mass is 9.87. The van der Waals surface area contributed by atoms with Crippen molar-refractivity contribution in [3.8, 4) is 5.75 Å². The van der Waals surface area contributed by atoms with E-state index >= 15 is 0 Å². The molecular weight excluding hydrogens is 442 g/mol. The van der Waals surface area contributed by atoms with Crippen molar-refractivity contribution < 1.29 is 23.8 Å². The molecule has 1 aromatic heterocycles. The molecule has 2 unspecified atom stereocenters. The van der Waals surface area contributed by atoms with Crippen LogP contribution in [0.5, 0.6) is 5.75 Å². The molecule has 2 heterocycles. The van der Waals surface area contributed by atoms with Crippen molar-refractivity contribution in [2.24, 2.45) is 0 Å². The maximum Gasteiger partial charge on any atom is 0.372 e. The van der Waals surface area contributed by atoms with Gasteiger partial charge in [0.25, 0.3) is 0 Å². The summed E-state index contributed by atoms with van der Waals surface area (Å²) in [6.45, 7) is 2.76. The number of fused-ring (bicyclic) bond motifs is 1. The highest BCUT2D eigenvalue weighted by Gasteiger charge is 2.27. The Kier molecular flexibility index (Phi) is 7.12. The quantitative estimate of drug-likeness (QED) is 0.340. The van der Waals surface area contributed by atoms with E-state index in [1.54, 1.807) is 6.07 Å². The summed E-state index contributed by atoms with van der Waals surface area (Å²) < 4.78 is 17.3. The van der Waals surface area contributed by atoms with Gasteiger partial charge in [0.1, 0.15) is 5.75 Å². The Balaban J connectivity index is 1.18. The zero-order valence-electron chi connectivity index (χ0n) is 19.5. The van der Waals surface area contributed by atoms with Crippen molar-refractivity contribution >= 4 is 16.7 Å². The molecule has 0 saturated carbocycles. The third kappa shape index (κ3) is 5.56. The lowest BCUT2D eigenvalue weighted by Crippen LogP contribution is -2.40. The summed E-state index contributed by atoms with van der Waals surface area (Å²) >= 11 is 0. The normalized spacial score (nSPS) is 17.9. The smallest absolute Gasteiger partial charge is 0.372 e. The van der Waals surface area contributed by atoms with Gasteiger partial charge in [-0.1, -0.05) is 48.5 Å². The van der Waals surface area contributed by atoms with Crippen molar-refractivity contribution in [2.45, 2.75) is 31.5 Å². The van der Waals surface area contributed by atoms with Gasteiger partial charge in [-0.05, 0) is 59.1 Å². The average molecular weight is 472 g/mol. The van der Waals surface area contributed by atoms with E-state index in [1.807, 2.05) is 12.1 Å². The van der Waals surface area contributed by atoms with Crippen LogP contribution in [0.1, 0.15) is 39.6 Å². The van der Waals surface area contributed by atoms with Gasteiger partial charge in [0.05, 0.1) is 25.6 Å². The van der Waals surface area contributed by atoms with Crippen LogP contribution >= 0.6 is 0 Å². The molecule has 0 bridgehead atoms. The average Bonchev–Trinajstić information content (AvgIpc) is 3.37. The molecule has 1 aliphatic heterocycles. The van der Waals surface area contributed by atoms with Crippen molar-refractivity contribution in [3.63, 3.8) is 0 Å². The minimum absolute atomic E-state index is 0.0235. The number of ether oxygens (including phenoxy) is 2. The highest BCUT2D eigenvalue weighted by Crippen LogP contribution is 2.30. The number of furan rings is 1. The van der Waals surface area contributed by atoms with Gasteiger partial charge in [-0.3, -0.25) is 0 Å². The summed E-state index contributed by atoms with van der Waals surface area (Å²) in [4.78, 5) is 11.2. The van der Waals surface area contributed by atoms with Crippen LogP contribution in [0.3, 0.4) is 0 Å². The van der Waals surface area contributed by atoms with Gasteiger partial charge < -0.3 is 24.3 Å². The first-order chi connectivity index (χ1) is 17.2. The number of piperidine rings is 1. The molecule has 3 aromatic carbocycles. The number of rotatable bonds is 9. The van der Waals surface area contributed by atoms with E-state index in [9.17, 15) is 4.79 Å². The first-order valence-electron chi connectivity index (χ1n) is 12.0. The third-order valence-corrected chi connectivity index (χ3v) is 6.59. The van der Waals surface area contributed by atoms with Crippen molar-refractivity contribution in [2.75, 3.05) is 19.7 Å². The van der Waals surface area contributed by atoms with Crippen LogP contribution < -0.4 is 10.1 Å². The Hall–Kier alpha value is -3.61. The van der Waals surface area contributed by atoms with Crippen molar-refractivity contribution in [1.82, 2.24) is 5.32 Å². The molecule has 1 fully saturated rings. The molecule has 180 valence electrons. The maximum absolute atomic E-state index is 11.2. The Morgan fingerprint density at radius 3 is 2.69 bits per heavy atom. The van der Waals surface area contributed by atoms with Crippen LogP contribution in [-0.2, 0) is 17.8 Å². The van der Waals surface area contributed by atoms with Gasteiger partial charge in [-0.15, -0.1) is 0 Å². The highest BCUT2D eigenvalue weighted by molar-refractivity contribution is 5.86. The van der Waals surface area contributed by atoms with E-state index in [2.05, 4.69) is 59.9 Å². The number of hydrogen-bond acceptors (Lipinski definition) is 5. The Bertz CT molecular complexity index is 1280. The third-order valence-electron chi connectivity index (χ3n) is 6.59. The monoisotopic (exact) mass is 471 g/mol. The van der Waals surface area contributed by atoms with E-state index in [4.69, 9.17) is 19.0 Å². The number of hydrogen-bond donors (Lipinski definition) is 2. The predicted octanol–water partition coefficient (Wildman–Crippen LogP) is 5.41. The summed E-state index contributed by atoms with van der Waals surface area (Å²) in [6.07, 6.45) is 2.97. The SMILES string of the molecule is O=C(O)c1occc1CCOc1ccc(C2CCNCC2OCc2ccc3ccccc3c2)cc1. The summed E-state index contributed by atoms with van der Waals surface area (Å²) in [5.41, 5.74) is 3.06. The minimum atomic E-state index is -1.06. The molecule has 4 aromatic rings. The number of carbonyl (C=O) groups is 1. The van der Waals surface area contributed by atoms with Crippen molar-refractivity contribution in [1.29, 1.82) is 0 Å². The molecule has 6 nitrogen and oxygen atoms in total. The first kappa shape index (κ1) is 23.1. The van der Waals surface area contributed by atoms with Gasteiger partial charge in [0, 0.05) is 24.4 Å². The van der Waals surface area contributed by atoms with Gasteiger partial charge in [-0.25, -0.2) is 4.79 Å². The second-order valence-electron chi connectivity index (χ2n) is 8.88. The zero-order chi connectivity index (χ0) is 24.0. The lowest BCUT2D eigenvalue weighted by molar-refractivity contribution is 0.0106. The summed E-state index contributed by atoms with van der Waals surface area (Å²) in [7, 11) is 0. The predicted molar refractivity (Wildman–Crippen MR) is 134 cm³/mol. The summed E-state index contributed by atoms with van der Waals surface area (Å²) in [6, 6.07) is 24.7. The van der Waals surface area contributed by atoms with E-state index in [0.29, 0.717) is 31.1 Å². The molecule has 2 N–H and O–H groups in total. The fraction of sp³-hybridized carbons (Fsp3) is 0.276. The van der Waals surface area contributed by atoms with E-state index < -0.39 is 5.97 Å². The number of benzene rings is 3. The minimum Gasteiger partial charge on any atom is -0.493 e. The van der Waals surface area contributed by atoms with Crippen LogP contribution in [0.4, 0.5) is 0 Å². The number of carboxylic acids is 1. The van der Waals surface area contributed by atoms with E-state index in [-0.39, 0.29) is 11.9 Å². The van der Waals surface area contributed by atoms with E-state index in [1.165, 1.54) is 28.2 Å². The molecule has 0 amide bonds. The first-order valence-corrected chi connectivity index (χ1v) is 12.0. The molecule has 0 aliphatic carbocycles. The Morgan fingerprint density at radius 2 is 1.86 bits per heavy atom. The van der Waals surface area contributed by atoms with Crippen LogP contribution in [0.15, 0.2) is 83.5 Å². The topological polar surface area (TPSA) is 80.9 Å². The highest BCUT2D eigenvalue weighted by atomic mass is 16.5. The molecule has 0 radical (unpaired) electrons. The second-order valence-corrected chi connectivity index (χ2v) is 8.88. The zero-order valence-corrected chi connectivity index (χ0v) is 19.5. The standard InChI is InChI=1S/C29H29NO5/c31-29(32)28-23(13-16-34-28)12-15-33-25-9-7-22(8-10-25)26-11-14-30-18-27(26)35-19-20-5-6-21-3-1-2-4-24(21)17-20/h1-10,13,16-17,26-27,30H,11-12,14-15,18-19H2,(H,31,32). The number of aromatic carboxylic acids is 1. The molecule has 0 spiro atoms. The molecule has 1 aliphatic rings. The lowest BCUT2D eigenvalue weighted by Gasteiger charge is -2.32. The maximum atomic E-state index is 11.2. The fourth-order valence-corrected chi connectivity index (χ4v) is 4.73. The van der Waals surface area contributed by atoms with Gasteiger partial charge in [-0.2, -0.15) is 0 Å². The number of carboxylic acid groups (broad SMARTS) is 1. The second kappa shape index (κ2) is 10.8. The van der Waals surface area contributed by atoms with Crippen LogP contribution in [0.2, 0.25) is 0 Å². The Labute approximate surface area is 204 Å². The molecule has 6 heteroatoms. The molecule has 2 atom stereocenters. The summed E-state index contributed by atoms with van der Waals surface area (Å²) in [5, 5.41) is 15.1. The Morgan fingerprint density at radius 1 is 1.03 bits per heavy atom. The van der Waals surface area contributed by atoms with Gasteiger partial charge in [0.2, 0.25) is 5.76 Å². The van der Waals surface area contributed by atoms with Gasteiger partial charge in [0.15, 0.2) is 0 Å². The molecular formula is C29H29NO5. The fourth-order valence-electron chi connectivity index (χ4n) is 4.73. The van der Waals surface area contributed by atoms with Crippen LogP contribution in [0, 0.1) is 0 Å². The van der Waals surface area contributed by atoms with Crippen LogP contribution in [-0.4, -0.2) is 36.9 Å². The number of nitrogens with one attached hydrogen (secondary N) is 1. The van der Waals surface area contributed by atoms with Crippen molar-refractivity contribution in [3.05, 3.63) is 102 Å². The molecule has 1 saturated heterocycles. The van der Waals surface area contributed by atoms with Gasteiger partial charge >= 0.3 is 5.97 Å². The molecule has 35 heavy (non-hydrogen) atoms. The molecule has 5 rings (SSSR count).